The highest BCUT2D eigenvalue weighted by molar-refractivity contribution is 5.85. The smallest absolute Gasteiger partial charge is 0.233 e. The van der Waals surface area contributed by atoms with Crippen LogP contribution in [0.25, 0.3) is 0 Å². The lowest BCUT2D eigenvalue weighted by Gasteiger charge is -2.13. The van der Waals surface area contributed by atoms with Crippen LogP contribution in [0.1, 0.15) is 12.5 Å². The predicted octanol–water partition coefficient (Wildman–Crippen LogP) is 1.60. The van der Waals surface area contributed by atoms with Crippen molar-refractivity contribution in [3.05, 3.63) is 35.9 Å². The van der Waals surface area contributed by atoms with E-state index in [1.165, 1.54) is 5.56 Å². The van der Waals surface area contributed by atoms with Crippen LogP contribution >= 0.6 is 12.4 Å². The van der Waals surface area contributed by atoms with E-state index in [-0.39, 0.29) is 18.3 Å². The first kappa shape index (κ1) is 17.9. The lowest BCUT2D eigenvalue weighted by atomic mass is 10.2. The molecule has 0 aliphatic carbocycles. The van der Waals surface area contributed by atoms with Gasteiger partial charge >= 0.3 is 0 Å². The summed E-state index contributed by atoms with van der Waals surface area (Å²) < 4.78 is 5.61. The second-order valence-electron chi connectivity index (χ2n) is 4.44. The molecule has 4 nitrogen and oxygen atoms in total. The Bertz CT molecular complexity index is 347. The Hall–Kier alpha value is -1.10. The molecular weight excluding hydrogens is 264 g/mol. The Morgan fingerprint density at radius 1 is 1.32 bits per heavy atom. The van der Waals surface area contributed by atoms with Gasteiger partial charge in [0.05, 0.1) is 19.8 Å². The van der Waals surface area contributed by atoms with Crippen LogP contribution in [0.15, 0.2) is 30.3 Å². The van der Waals surface area contributed by atoms with Gasteiger partial charge in [0.1, 0.15) is 0 Å². The molecule has 0 radical (unpaired) electrons. The number of carbonyl (C=O) groups excluding carboxylic acids is 1. The van der Waals surface area contributed by atoms with Crippen LogP contribution in [0.3, 0.4) is 0 Å². The summed E-state index contributed by atoms with van der Waals surface area (Å²) in [5.41, 5.74) is 1.17. The summed E-state index contributed by atoms with van der Waals surface area (Å²) in [5.74, 6) is 0.335. The molecule has 5 heteroatoms. The molecule has 108 valence electrons. The molecule has 0 aromatic heterocycles. The number of carbonyl (C=O) groups is 1. The number of ether oxygens (including phenoxy) is 1. The van der Waals surface area contributed by atoms with Crippen molar-refractivity contribution in [1.82, 2.24) is 10.6 Å². The van der Waals surface area contributed by atoms with Crippen molar-refractivity contribution in [2.45, 2.75) is 13.5 Å². The zero-order valence-corrected chi connectivity index (χ0v) is 12.3. The topological polar surface area (TPSA) is 50.4 Å². The van der Waals surface area contributed by atoms with E-state index < -0.39 is 0 Å². The van der Waals surface area contributed by atoms with Gasteiger partial charge in [-0.25, -0.2) is 0 Å². The summed E-state index contributed by atoms with van der Waals surface area (Å²) in [5, 5.41) is 5.66. The number of nitrogens with one attached hydrogen (secondary N) is 2. The number of hydrogen-bond acceptors (Lipinski definition) is 3. The summed E-state index contributed by atoms with van der Waals surface area (Å²) in [6.07, 6.45) is 0. The monoisotopic (exact) mass is 286 g/mol. The fourth-order valence-electron chi connectivity index (χ4n) is 1.52. The molecule has 1 atom stereocenters. The molecule has 0 bridgehead atoms. The van der Waals surface area contributed by atoms with Gasteiger partial charge in [-0.05, 0) is 18.5 Å². The number of benzene rings is 1. The average Bonchev–Trinajstić information content (AvgIpc) is 2.38. The Balaban J connectivity index is 0.00000324. The van der Waals surface area contributed by atoms with Crippen LogP contribution in [0.2, 0.25) is 0 Å². The molecule has 2 N–H and O–H groups in total. The van der Waals surface area contributed by atoms with Crippen molar-refractivity contribution in [2.24, 2.45) is 5.92 Å². The molecule has 1 rings (SSSR count). The third kappa shape index (κ3) is 8.59. The van der Waals surface area contributed by atoms with Crippen LogP contribution in [-0.4, -0.2) is 32.7 Å². The molecule has 1 aromatic rings. The zero-order valence-electron chi connectivity index (χ0n) is 11.5. The minimum atomic E-state index is 0. The number of halogens is 1. The van der Waals surface area contributed by atoms with Crippen LogP contribution in [0.4, 0.5) is 0 Å². The van der Waals surface area contributed by atoms with Gasteiger partial charge in [0.2, 0.25) is 5.91 Å². The minimum absolute atomic E-state index is 0. The Kier molecular flexibility index (Phi) is 10.2. The highest BCUT2D eigenvalue weighted by Gasteiger charge is 2.05. The van der Waals surface area contributed by atoms with E-state index in [0.29, 0.717) is 32.2 Å². The van der Waals surface area contributed by atoms with E-state index in [2.05, 4.69) is 17.6 Å². The Morgan fingerprint density at radius 2 is 2.00 bits per heavy atom. The standard InChI is InChI=1S/C14H22N2O2.ClH/c1-12(8-16-14(17)9-15-2)10-18-11-13-6-4-3-5-7-13;/h3-7,12,15H,8-11H2,1-2H3,(H,16,17);1H. The molecule has 0 fully saturated rings. The summed E-state index contributed by atoms with van der Waals surface area (Å²) >= 11 is 0. The van der Waals surface area contributed by atoms with E-state index in [1.54, 1.807) is 7.05 Å². The maximum Gasteiger partial charge on any atom is 0.233 e. The third-order valence-corrected chi connectivity index (χ3v) is 2.50. The van der Waals surface area contributed by atoms with Crippen molar-refractivity contribution in [3.63, 3.8) is 0 Å². The van der Waals surface area contributed by atoms with Crippen LogP contribution < -0.4 is 10.6 Å². The molecule has 1 amide bonds. The quantitative estimate of drug-likeness (QED) is 0.763. The van der Waals surface area contributed by atoms with Gasteiger partial charge in [0, 0.05) is 6.54 Å². The highest BCUT2D eigenvalue weighted by atomic mass is 35.5. The summed E-state index contributed by atoms with van der Waals surface area (Å²) in [4.78, 5) is 11.2. The van der Waals surface area contributed by atoms with Crippen molar-refractivity contribution in [3.8, 4) is 0 Å². The Labute approximate surface area is 121 Å². The molecule has 1 unspecified atom stereocenters. The summed E-state index contributed by atoms with van der Waals surface area (Å²) in [6.45, 7) is 4.34. The maximum atomic E-state index is 11.2. The number of likely N-dealkylation sites (N-methyl/N-ethyl adjacent to an activating group) is 1. The van der Waals surface area contributed by atoms with E-state index in [1.807, 2.05) is 30.3 Å². The first-order valence-corrected chi connectivity index (χ1v) is 6.25. The largest absolute Gasteiger partial charge is 0.376 e. The van der Waals surface area contributed by atoms with E-state index in [4.69, 9.17) is 4.74 Å². The molecule has 1 aromatic carbocycles. The van der Waals surface area contributed by atoms with Crippen molar-refractivity contribution in [1.29, 1.82) is 0 Å². The molecule has 0 saturated heterocycles. The molecule has 0 spiro atoms. The van der Waals surface area contributed by atoms with Gasteiger partial charge in [-0.15, -0.1) is 12.4 Å². The van der Waals surface area contributed by atoms with E-state index in [9.17, 15) is 4.79 Å². The average molecular weight is 287 g/mol. The first-order valence-electron chi connectivity index (χ1n) is 6.25. The van der Waals surface area contributed by atoms with E-state index in [0.717, 1.165) is 0 Å². The first-order chi connectivity index (χ1) is 8.72. The number of hydrogen-bond donors (Lipinski definition) is 2. The van der Waals surface area contributed by atoms with Gasteiger partial charge in [-0.2, -0.15) is 0 Å². The fraction of sp³-hybridized carbons (Fsp3) is 0.500. The second-order valence-corrected chi connectivity index (χ2v) is 4.44. The molecule has 0 saturated carbocycles. The van der Waals surface area contributed by atoms with Gasteiger partial charge in [-0.3, -0.25) is 4.79 Å². The third-order valence-electron chi connectivity index (χ3n) is 2.50. The van der Waals surface area contributed by atoms with Crippen LogP contribution in [0.5, 0.6) is 0 Å². The lowest BCUT2D eigenvalue weighted by molar-refractivity contribution is -0.120. The van der Waals surface area contributed by atoms with Gasteiger partial charge in [-0.1, -0.05) is 37.3 Å². The predicted molar refractivity (Wildman–Crippen MR) is 79.4 cm³/mol. The highest BCUT2D eigenvalue weighted by Crippen LogP contribution is 2.02. The SMILES string of the molecule is CNCC(=O)NCC(C)COCc1ccccc1.Cl. The number of rotatable bonds is 8. The van der Waals surface area contributed by atoms with Crippen molar-refractivity contribution >= 4 is 18.3 Å². The second kappa shape index (κ2) is 10.8. The summed E-state index contributed by atoms with van der Waals surface area (Å²) in [7, 11) is 1.76. The van der Waals surface area contributed by atoms with Gasteiger partial charge in [0.15, 0.2) is 0 Å². The minimum Gasteiger partial charge on any atom is -0.376 e. The summed E-state index contributed by atoms with van der Waals surface area (Å²) in [6, 6.07) is 10.1. The maximum absolute atomic E-state index is 11.2. The van der Waals surface area contributed by atoms with Crippen molar-refractivity contribution < 1.29 is 9.53 Å². The van der Waals surface area contributed by atoms with Crippen LogP contribution in [-0.2, 0) is 16.1 Å². The number of amides is 1. The van der Waals surface area contributed by atoms with Gasteiger partial charge in [0.25, 0.3) is 0 Å². The van der Waals surface area contributed by atoms with Crippen molar-refractivity contribution in [2.75, 3.05) is 26.7 Å². The lowest BCUT2D eigenvalue weighted by Crippen LogP contribution is -2.35. The van der Waals surface area contributed by atoms with E-state index >= 15 is 0 Å². The molecule has 0 aliphatic heterocycles. The zero-order chi connectivity index (χ0) is 13.2. The van der Waals surface area contributed by atoms with Crippen LogP contribution in [0, 0.1) is 5.92 Å². The Morgan fingerprint density at radius 3 is 2.63 bits per heavy atom. The molecular formula is C14H23ClN2O2. The van der Waals surface area contributed by atoms with Gasteiger partial charge < -0.3 is 15.4 Å². The molecule has 19 heavy (non-hydrogen) atoms. The normalized spacial score (nSPS) is 11.5. The molecule has 0 heterocycles. The fourth-order valence-corrected chi connectivity index (χ4v) is 1.52. The molecule has 0 aliphatic rings.